The Hall–Kier alpha value is -1.14. The zero-order valence-electron chi connectivity index (χ0n) is 10.5. The number of nitrogens with zero attached hydrogens (tertiary/aromatic N) is 1. The molecule has 0 aliphatic rings. The maximum absolute atomic E-state index is 12.0. The van der Waals surface area contributed by atoms with Gasteiger partial charge in [0.2, 0.25) is 0 Å². The monoisotopic (exact) mass is 331 g/mol. The Kier molecular flexibility index (Phi) is 4.65. The molecular formula is C13H11Cl2NO3S. The smallest absolute Gasteiger partial charge is 0.262 e. The van der Waals surface area contributed by atoms with Crippen LogP contribution in [-0.4, -0.2) is 13.4 Å². The summed E-state index contributed by atoms with van der Waals surface area (Å²) in [6.07, 6.45) is 0. The molecule has 0 N–H and O–H groups in total. The van der Waals surface area contributed by atoms with Gasteiger partial charge < -0.3 is 0 Å². The molecule has 0 saturated carbocycles. The predicted molar refractivity (Wildman–Crippen MR) is 77.4 cm³/mol. The van der Waals surface area contributed by atoms with Gasteiger partial charge in [0.15, 0.2) is 0 Å². The van der Waals surface area contributed by atoms with Crippen LogP contribution in [0.3, 0.4) is 0 Å². The average molecular weight is 332 g/mol. The van der Waals surface area contributed by atoms with Gasteiger partial charge in [-0.3, -0.25) is 4.18 Å². The maximum atomic E-state index is 12.0. The van der Waals surface area contributed by atoms with Gasteiger partial charge >= 0.3 is 0 Å². The standard InChI is InChI=1S/C13H11Cl2NO3S/c1-9-2-4-11(5-3-9)20(17,18)19-8-10-6-12(14)16-13(15)7-10/h2-7H,8H2,1H3. The number of aryl methyl sites for hydroxylation is 1. The molecule has 2 aromatic rings. The largest absolute Gasteiger partial charge is 0.297 e. The number of benzene rings is 1. The summed E-state index contributed by atoms with van der Waals surface area (Å²) in [5, 5.41) is 0.368. The first-order chi connectivity index (χ1) is 9.37. The Labute approximate surface area is 127 Å². The topological polar surface area (TPSA) is 56.3 Å². The fourth-order valence-corrected chi connectivity index (χ4v) is 2.92. The molecule has 7 heteroatoms. The lowest BCUT2D eigenvalue weighted by Crippen LogP contribution is -2.06. The summed E-state index contributed by atoms with van der Waals surface area (Å²) in [7, 11) is -3.81. The molecule has 0 aliphatic heterocycles. The summed E-state index contributed by atoms with van der Waals surface area (Å²) in [6.45, 7) is 1.72. The van der Waals surface area contributed by atoms with Crippen molar-refractivity contribution in [3.63, 3.8) is 0 Å². The first kappa shape index (κ1) is 15.3. The second-order valence-corrected chi connectivity index (χ2v) is 6.54. The third kappa shape index (κ3) is 3.93. The fourth-order valence-electron chi connectivity index (χ4n) is 1.52. The highest BCUT2D eigenvalue weighted by Crippen LogP contribution is 2.18. The van der Waals surface area contributed by atoms with Crippen LogP contribution in [0.1, 0.15) is 11.1 Å². The molecule has 4 nitrogen and oxygen atoms in total. The normalized spacial score (nSPS) is 11.6. The summed E-state index contributed by atoms with van der Waals surface area (Å²) in [5.41, 5.74) is 1.50. The number of halogens is 2. The van der Waals surface area contributed by atoms with Crippen LogP contribution >= 0.6 is 23.2 Å². The zero-order chi connectivity index (χ0) is 14.8. The molecule has 106 valence electrons. The molecule has 0 fully saturated rings. The van der Waals surface area contributed by atoms with Gasteiger partial charge in [0.1, 0.15) is 10.3 Å². The van der Waals surface area contributed by atoms with Crippen LogP contribution in [0.15, 0.2) is 41.3 Å². The van der Waals surface area contributed by atoms with Crippen molar-refractivity contribution in [2.75, 3.05) is 0 Å². The highest BCUT2D eigenvalue weighted by molar-refractivity contribution is 7.86. The molecule has 0 aliphatic carbocycles. The molecule has 2 rings (SSSR count). The van der Waals surface area contributed by atoms with E-state index in [9.17, 15) is 8.42 Å². The third-order valence-corrected chi connectivity index (χ3v) is 4.18. The molecule has 20 heavy (non-hydrogen) atoms. The van der Waals surface area contributed by atoms with Gasteiger partial charge in [-0.15, -0.1) is 0 Å². The highest BCUT2D eigenvalue weighted by Gasteiger charge is 2.15. The third-order valence-electron chi connectivity index (χ3n) is 2.51. The quantitative estimate of drug-likeness (QED) is 0.634. The van der Waals surface area contributed by atoms with Crippen LogP contribution < -0.4 is 0 Å². The Morgan fingerprint density at radius 2 is 1.65 bits per heavy atom. The van der Waals surface area contributed by atoms with E-state index in [1.54, 1.807) is 12.1 Å². The molecule has 0 unspecified atom stereocenters. The Balaban J connectivity index is 2.15. The van der Waals surface area contributed by atoms with E-state index in [0.717, 1.165) is 5.56 Å². The van der Waals surface area contributed by atoms with Crippen LogP contribution in [0.4, 0.5) is 0 Å². The Morgan fingerprint density at radius 1 is 1.10 bits per heavy atom. The van der Waals surface area contributed by atoms with E-state index >= 15 is 0 Å². The first-order valence-corrected chi connectivity index (χ1v) is 7.81. The van der Waals surface area contributed by atoms with Crippen molar-refractivity contribution in [2.24, 2.45) is 0 Å². The van der Waals surface area contributed by atoms with E-state index in [1.165, 1.54) is 24.3 Å². The maximum Gasteiger partial charge on any atom is 0.297 e. The van der Waals surface area contributed by atoms with Crippen LogP contribution in [0.25, 0.3) is 0 Å². The second-order valence-electron chi connectivity index (χ2n) is 4.15. The summed E-state index contributed by atoms with van der Waals surface area (Å²) >= 11 is 11.5. The molecule has 1 aromatic carbocycles. The molecule has 1 heterocycles. The average Bonchev–Trinajstić information content (AvgIpc) is 2.36. The van der Waals surface area contributed by atoms with Crippen molar-refractivity contribution >= 4 is 33.3 Å². The lowest BCUT2D eigenvalue weighted by atomic mass is 10.2. The molecule has 1 aromatic heterocycles. The zero-order valence-corrected chi connectivity index (χ0v) is 12.8. The second kappa shape index (κ2) is 6.10. The van der Waals surface area contributed by atoms with Gasteiger partial charge in [-0.2, -0.15) is 8.42 Å². The summed E-state index contributed by atoms with van der Waals surface area (Å²) < 4.78 is 28.9. The van der Waals surface area contributed by atoms with Crippen LogP contribution in [0.2, 0.25) is 10.3 Å². The molecule has 0 atom stereocenters. The van der Waals surface area contributed by atoms with E-state index in [1.807, 2.05) is 6.92 Å². The van der Waals surface area contributed by atoms with Gasteiger partial charge in [-0.1, -0.05) is 40.9 Å². The molecule has 0 spiro atoms. The molecule has 0 radical (unpaired) electrons. The number of pyridine rings is 1. The van der Waals surface area contributed by atoms with E-state index in [0.29, 0.717) is 5.56 Å². The van der Waals surface area contributed by atoms with Gasteiger partial charge in [0.25, 0.3) is 10.1 Å². The summed E-state index contributed by atoms with van der Waals surface area (Å²) in [4.78, 5) is 3.88. The van der Waals surface area contributed by atoms with Crippen molar-refractivity contribution in [1.82, 2.24) is 4.98 Å². The van der Waals surface area contributed by atoms with Gasteiger partial charge in [0, 0.05) is 0 Å². The van der Waals surface area contributed by atoms with Crippen molar-refractivity contribution in [3.05, 3.63) is 57.8 Å². The van der Waals surface area contributed by atoms with E-state index in [2.05, 4.69) is 4.98 Å². The first-order valence-electron chi connectivity index (χ1n) is 5.65. The number of hydrogen-bond donors (Lipinski definition) is 0. The number of hydrogen-bond acceptors (Lipinski definition) is 4. The Bertz CT molecular complexity index is 695. The van der Waals surface area contributed by atoms with Crippen molar-refractivity contribution in [3.8, 4) is 0 Å². The lowest BCUT2D eigenvalue weighted by molar-refractivity contribution is 0.308. The molecular weight excluding hydrogens is 321 g/mol. The Morgan fingerprint density at radius 3 is 2.20 bits per heavy atom. The molecule has 0 bridgehead atoms. The van der Waals surface area contributed by atoms with Crippen LogP contribution in [0.5, 0.6) is 0 Å². The van der Waals surface area contributed by atoms with Crippen molar-refractivity contribution in [2.45, 2.75) is 18.4 Å². The fraction of sp³-hybridized carbons (Fsp3) is 0.154. The predicted octanol–water partition coefficient (Wildman–Crippen LogP) is 3.60. The molecule has 0 saturated heterocycles. The van der Waals surface area contributed by atoms with Gasteiger partial charge in [0.05, 0.1) is 11.5 Å². The van der Waals surface area contributed by atoms with E-state index in [4.69, 9.17) is 27.4 Å². The van der Waals surface area contributed by atoms with Crippen molar-refractivity contribution in [1.29, 1.82) is 0 Å². The lowest BCUT2D eigenvalue weighted by Gasteiger charge is -2.06. The van der Waals surface area contributed by atoms with Crippen LogP contribution in [0, 0.1) is 6.92 Å². The summed E-state index contributed by atoms with van der Waals surface area (Å²) in [6, 6.07) is 9.40. The van der Waals surface area contributed by atoms with E-state index in [-0.39, 0.29) is 21.8 Å². The van der Waals surface area contributed by atoms with Crippen molar-refractivity contribution < 1.29 is 12.6 Å². The van der Waals surface area contributed by atoms with E-state index < -0.39 is 10.1 Å². The van der Waals surface area contributed by atoms with Crippen LogP contribution in [-0.2, 0) is 20.9 Å². The minimum atomic E-state index is -3.81. The molecule has 0 amide bonds. The SMILES string of the molecule is Cc1ccc(S(=O)(=O)OCc2cc(Cl)nc(Cl)c2)cc1. The number of aromatic nitrogens is 1. The minimum absolute atomic E-state index is 0.106. The van der Waals surface area contributed by atoms with Gasteiger partial charge in [-0.05, 0) is 36.8 Å². The minimum Gasteiger partial charge on any atom is -0.262 e. The summed E-state index contributed by atoms with van der Waals surface area (Å²) in [5.74, 6) is 0. The van der Waals surface area contributed by atoms with Gasteiger partial charge in [-0.25, -0.2) is 4.98 Å². The highest BCUT2D eigenvalue weighted by atomic mass is 35.5. The number of rotatable bonds is 4.